The zero-order valence-corrected chi connectivity index (χ0v) is 10.3. The Hall–Kier alpha value is -1.37. The molecule has 1 aromatic carbocycles. The van der Waals surface area contributed by atoms with Crippen molar-refractivity contribution in [2.75, 3.05) is 0 Å². The number of alkyl halides is 1. The summed E-state index contributed by atoms with van der Waals surface area (Å²) in [5, 5.41) is 7.85. The summed E-state index contributed by atoms with van der Waals surface area (Å²) in [7, 11) is 1.58. The molecule has 90 valence electrons. The molecule has 0 saturated heterocycles. The molecule has 7 heteroatoms. The number of hydrogen-bond acceptors (Lipinski definition) is 2. The van der Waals surface area contributed by atoms with Crippen LogP contribution in [0.4, 0.5) is 13.2 Å². The second-order valence-corrected chi connectivity index (χ2v) is 3.94. The summed E-state index contributed by atoms with van der Waals surface area (Å²) in [4.78, 5) is 0. The molecule has 0 aliphatic rings. The third kappa shape index (κ3) is 2.06. The molecule has 0 N–H and O–H groups in total. The summed E-state index contributed by atoms with van der Waals surface area (Å²) in [6, 6.07) is 1.22. The summed E-state index contributed by atoms with van der Waals surface area (Å²) in [6.45, 7) is 0. The van der Waals surface area contributed by atoms with Crippen molar-refractivity contribution < 1.29 is 13.2 Å². The maximum atomic E-state index is 13.5. The van der Waals surface area contributed by atoms with E-state index in [2.05, 4.69) is 26.1 Å². The Morgan fingerprint density at radius 2 is 1.76 bits per heavy atom. The van der Waals surface area contributed by atoms with Crippen LogP contribution >= 0.6 is 15.9 Å². The number of halogens is 4. The van der Waals surface area contributed by atoms with Crippen molar-refractivity contribution in [1.82, 2.24) is 14.8 Å². The van der Waals surface area contributed by atoms with Gasteiger partial charge in [-0.1, -0.05) is 15.9 Å². The van der Waals surface area contributed by atoms with E-state index in [0.29, 0.717) is 23.3 Å². The van der Waals surface area contributed by atoms with Crippen molar-refractivity contribution in [2.45, 2.75) is 5.33 Å². The van der Waals surface area contributed by atoms with Gasteiger partial charge in [0, 0.05) is 19.2 Å². The summed E-state index contributed by atoms with van der Waals surface area (Å²) in [5.41, 5.74) is -0.381. The van der Waals surface area contributed by atoms with E-state index in [4.69, 9.17) is 0 Å². The van der Waals surface area contributed by atoms with Crippen LogP contribution in [0, 0.1) is 17.5 Å². The van der Waals surface area contributed by atoms with E-state index in [1.54, 1.807) is 7.05 Å². The third-order valence-electron chi connectivity index (χ3n) is 2.32. The molecule has 0 saturated carbocycles. The highest BCUT2D eigenvalue weighted by Gasteiger charge is 2.19. The number of hydrogen-bond donors (Lipinski definition) is 0. The molecule has 3 nitrogen and oxygen atoms in total. The Labute approximate surface area is 103 Å². The van der Waals surface area contributed by atoms with Gasteiger partial charge in [0.2, 0.25) is 0 Å². The maximum Gasteiger partial charge on any atom is 0.169 e. The highest BCUT2D eigenvalue weighted by atomic mass is 79.9. The molecule has 0 aliphatic heterocycles. The summed E-state index contributed by atoms with van der Waals surface area (Å²) in [5.74, 6) is -2.43. The zero-order valence-electron chi connectivity index (χ0n) is 8.72. The Bertz CT molecular complexity index is 545. The fourth-order valence-corrected chi connectivity index (χ4v) is 1.94. The number of rotatable bonds is 2. The van der Waals surface area contributed by atoms with Crippen molar-refractivity contribution in [3.63, 3.8) is 0 Å². The molecule has 0 fully saturated rings. The Morgan fingerprint density at radius 1 is 1.18 bits per heavy atom. The van der Waals surface area contributed by atoms with Crippen LogP contribution in [0.3, 0.4) is 0 Å². The van der Waals surface area contributed by atoms with Crippen LogP contribution in [-0.4, -0.2) is 14.8 Å². The van der Waals surface area contributed by atoms with Crippen molar-refractivity contribution in [2.24, 2.45) is 7.05 Å². The van der Waals surface area contributed by atoms with Gasteiger partial charge in [0.25, 0.3) is 0 Å². The van der Waals surface area contributed by atoms with Crippen LogP contribution in [0.2, 0.25) is 0 Å². The molecule has 0 aliphatic carbocycles. The fourth-order valence-electron chi connectivity index (χ4n) is 1.45. The largest absolute Gasteiger partial charge is 0.313 e. The first-order chi connectivity index (χ1) is 8.04. The van der Waals surface area contributed by atoms with Crippen LogP contribution in [0.1, 0.15) is 5.82 Å². The predicted molar refractivity (Wildman–Crippen MR) is 58.9 cm³/mol. The van der Waals surface area contributed by atoms with Crippen LogP contribution in [0.15, 0.2) is 12.1 Å². The van der Waals surface area contributed by atoms with E-state index < -0.39 is 17.5 Å². The van der Waals surface area contributed by atoms with E-state index in [1.165, 1.54) is 4.57 Å². The molecular weight excluding hydrogens is 299 g/mol. The normalized spacial score (nSPS) is 10.9. The van der Waals surface area contributed by atoms with Gasteiger partial charge in [0.15, 0.2) is 5.82 Å². The number of nitrogens with zero attached hydrogens (tertiary/aromatic N) is 3. The lowest BCUT2D eigenvalue weighted by molar-refractivity contribution is 0.545. The third-order valence-corrected chi connectivity index (χ3v) is 2.82. The fraction of sp³-hybridized carbons (Fsp3) is 0.200. The first-order valence-corrected chi connectivity index (χ1v) is 5.76. The number of benzene rings is 1. The SMILES string of the molecule is Cn1c(CBr)nnc1-c1c(F)cc(F)cc1F. The molecule has 0 radical (unpaired) electrons. The molecular formula is C10H7BrF3N3. The van der Waals surface area contributed by atoms with Gasteiger partial charge in [0.1, 0.15) is 23.3 Å². The quantitative estimate of drug-likeness (QED) is 0.799. The predicted octanol–water partition coefficient (Wildman–Crippen LogP) is 2.79. The molecule has 0 atom stereocenters. The summed E-state index contributed by atoms with van der Waals surface area (Å²) >= 11 is 3.17. The standard InChI is InChI=1S/C10H7BrF3N3/c1-17-8(4-11)15-16-10(17)9-6(13)2-5(12)3-7(9)14/h2-3H,4H2,1H3. The van der Waals surface area contributed by atoms with Gasteiger partial charge in [-0.3, -0.25) is 0 Å². The lowest BCUT2D eigenvalue weighted by atomic mass is 10.2. The van der Waals surface area contributed by atoms with Crippen LogP contribution < -0.4 is 0 Å². The molecule has 17 heavy (non-hydrogen) atoms. The molecule has 0 unspecified atom stereocenters. The molecule has 1 heterocycles. The van der Waals surface area contributed by atoms with E-state index in [-0.39, 0.29) is 11.4 Å². The molecule has 1 aromatic heterocycles. The van der Waals surface area contributed by atoms with Crippen LogP contribution in [0.5, 0.6) is 0 Å². The van der Waals surface area contributed by atoms with Gasteiger partial charge in [0.05, 0.1) is 10.9 Å². The smallest absolute Gasteiger partial charge is 0.169 e. The van der Waals surface area contributed by atoms with Crippen molar-refractivity contribution in [3.8, 4) is 11.4 Å². The molecule has 0 bridgehead atoms. The van der Waals surface area contributed by atoms with Crippen LogP contribution in [0.25, 0.3) is 11.4 Å². The molecule has 0 amide bonds. The molecule has 2 rings (SSSR count). The van der Waals surface area contributed by atoms with Gasteiger partial charge in [-0.15, -0.1) is 10.2 Å². The summed E-state index contributed by atoms with van der Waals surface area (Å²) in [6.07, 6.45) is 0. The lowest BCUT2D eigenvalue weighted by Crippen LogP contribution is -2.01. The average molecular weight is 306 g/mol. The second-order valence-electron chi connectivity index (χ2n) is 3.38. The Kier molecular flexibility index (Phi) is 3.19. The second kappa shape index (κ2) is 4.48. The van der Waals surface area contributed by atoms with Gasteiger partial charge in [-0.25, -0.2) is 13.2 Å². The maximum absolute atomic E-state index is 13.5. The first kappa shape index (κ1) is 12.1. The highest BCUT2D eigenvalue weighted by Crippen LogP contribution is 2.25. The topological polar surface area (TPSA) is 30.7 Å². The minimum Gasteiger partial charge on any atom is -0.313 e. The van der Waals surface area contributed by atoms with Crippen molar-refractivity contribution in [1.29, 1.82) is 0 Å². The zero-order chi connectivity index (χ0) is 12.6. The molecule has 2 aromatic rings. The Balaban J connectivity index is 2.64. The van der Waals surface area contributed by atoms with Gasteiger partial charge < -0.3 is 4.57 Å². The highest BCUT2D eigenvalue weighted by molar-refractivity contribution is 9.08. The van der Waals surface area contributed by atoms with E-state index >= 15 is 0 Å². The van der Waals surface area contributed by atoms with E-state index in [0.717, 1.165) is 0 Å². The monoisotopic (exact) mass is 305 g/mol. The van der Waals surface area contributed by atoms with E-state index in [9.17, 15) is 13.2 Å². The summed E-state index contributed by atoms with van der Waals surface area (Å²) < 4.78 is 41.2. The van der Waals surface area contributed by atoms with E-state index in [1.807, 2.05) is 0 Å². The minimum absolute atomic E-state index is 0.0226. The van der Waals surface area contributed by atoms with Gasteiger partial charge >= 0.3 is 0 Å². The number of aromatic nitrogens is 3. The van der Waals surface area contributed by atoms with Crippen molar-refractivity contribution >= 4 is 15.9 Å². The minimum atomic E-state index is -1.00. The Morgan fingerprint density at radius 3 is 2.24 bits per heavy atom. The first-order valence-electron chi connectivity index (χ1n) is 4.63. The molecule has 0 spiro atoms. The van der Waals surface area contributed by atoms with Gasteiger partial charge in [-0.05, 0) is 0 Å². The van der Waals surface area contributed by atoms with Crippen molar-refractivity contribution in [3.05, 3.63) is 35.4 Å². The van der Waals surface area contributed by atoms with Crippen LogP contribution in [-0.2, 0) is 12.4 Å². The van der Waals surface area contributed by atoms with Gasteiger partial charge in [-0.2, -0.15) is 0 Å². The average Bonchev–Trinajstić information content (AvgIpc) is 2.59. The lowest BCUT2D eigenvalue weighted by Gasteiger charge is -2.05.